The number of rotatable bonds is 2. The molecule has 0 aromatic heterocycles. The third kappa shape index (κ3) is 2.43. The van der Waals surface area contributed by atoms with E-state index in [4.69, 9.17) is 0 Å². The average molecular weight is 360 g/mol. The monoisotopic (exact) mass is 360 g/mol. The van der Waals surface area contributed by atoms with Gasteiger partial charge in [0.1, 0.15) is 12.6 Å². The van der Waals surface area contributed by atoms with Crippen molar-refractivity contribution in [2.45, 2.75) is 50.1 Å². The Morgan fingerprint density at radius 2 is 1.59 bits per heavy atom. The minimum absolute atomic E-state index is 0.0467. The Morgan fingerprint density at radius 1 is 0.889 bits per heavy atom. The normalized spacial score (nSPS) is 23.5. The number of piperazine rings is 1. The zero-order chi connectivity index (χ0) is 18.4. The Morgan fingerprint density at radius 3 is 2.37 bits per heavy atom. The van der Waals surface area contributed by atoms with E-state index in [0.29, 0.717) is 6.54 Å². The molecule has 2 amide bonds. The maximum absolute atomic E-state index is 13.6. The highest BCUT2D eigenvalue weighted by Crippen LogP contribution is 2.54. The van der Waals surface area contributed by atoms with Crippen molar-refractivity contribution >= 4 is 17.5 Å². The fourth-order valence-corrected chi connectivity index (χ4v) is 5.42. The second-order valence-corrected chi connectivity index (χ2v) is 8.08. The Labute approximate surface area is 159 Å². The summed E-state index contributed by atoms with van der Waals surface area (Å²) in [6, 6.07) is 17.8. The molecule has 0 bridgehead atoms. The summed E-state index contributed by atoms with van der Waals surface area (Å²) in [5, 5.41) is 0. The van der Waals surface area contributed by atoms with Crippen LogP contribution in [0.5, 0.6) is 0 Å². The summed E-state index contributed by atoms with van der Waals surface area (Å²) in [5.41, 5.74) is 3.03. The van der Waals surface area contributed by atoms with Gasteiger partial charge in [0.2, 0.25) is 11.8 Å². The summed E-state index contributed by atoms with van der Waals surface area (Å²) in [4.78, 5) is 30.4. The van der Waals surface area contributed by atoms with Crippen molar-refractivity contribution in [3.63, 3.8) is 0 Å². The molecular formula is C23H24N2O2. The van der Waals surface area contributed by atoms with Gasteiger partial charge in [-0.2, -0.15) is 0 Å². The summed E-state index contributed by atoms with van der Waals surface area (Å²) in [6.45, 7) is 0.664. The quantitative estimate of drug-likeness (QED) is 0.820. The van der Waals surface area contributed by atoms with Crippen molar-refractivity contribution in [2.24, 2.45) is 0 Å². The maximum atomic E-state index is 13.6. The van der Waals surface area contributed by atoms with Crippen molar-refractivity contribution < 1.29 is 9.59 Å². The first-order valence-electron chi connectivity index (χ1n) is 9.95. The predicted octanol–water partition coefficient (Wildman–Crippen LogP) is 3.65. The van der Waals surface area contributed by atoms with Crippen LogP contribution in [-0.4, -0.2) is 29.3 Å². The lowest BCUT2D eigenvalue weighted by atomic mass is 9.66. The molecule has 2 fully saturated rings. The van der Waals surface area contributed by atoms with Crippen LogP contribution < -0.4 is 4.90 Å². The average Bonchev–Trinajstić information content (AvgIpc) is 2.98. The summed E-state index contributed by atoms with van der Waals surface area (Å²) in [5.74, 6) is 0.155. The third-order valence-corrected chi connectivity index (χ3v) is 6.58. The summed E-state index contributed by atoms with van der Waals surface area (Å²) < 4.78 is 0. The van der Waals surface area contributed by atoms with E-state index in [-0.39, 0.29) is 29.8 Å². The van der Waals surface area contributed by atoms with Crippen molar-refractivity contribution in [1.82, 2.24) is 4.90 Å². The number of amides is 2. The van der Waals surface area contributed by atoms with Crippen LogP contribution in [0.25, 0.3) is 0 Å². The molecule has 3 aliphatic rings. The highest BCUT2D eigenvalue weighted by molar-refractivity contribution is 6.10. The number of nitrogens with zero attached hydrogens (tertiary/aromatic N) is 2. The van der Waals surface area contributed by atoms with Gasteiger partial charge in [-0.25, -0.2) is 0 Å². The molecule has 1 saturated heterocycles. The number of fused-ring (bicyclic) bond motifs is 5. The van der Waals surface area contributed by atoms with E-state index < -0.39 is 0 Å². The van der Waals surface area contributed by atoms with Gasteiger partial charge < -0.3 is 4.90 Å². The molecule has 5 rings (SSSR count). The molecule has 0 N–H and O–H groups in total. The molecule has 4 nitrogen and oxygen atoms in total. The van der Waals surface area contributed by atoms with Crippen LogP contribution in [0.3, 0.4) is 0 Å². The Hall–Kier alpha value is -2.62. The second kappa shape index (κ2) is 6.22. The minimum Gasteiger partial charge on any atom is -0.327 e. The molecule has 4 heteroatoms. The molecule has 1 aliphatic carbocycles. The van der Waals surface area contributed by atoms with Crippen molar-refractivity contribution in [3.05, 3.63) is 65.7 Å². The van der Waals surface area contributed by atoms with Gasteiger partial charge in [0, 0.05) is 17.6 Å². The molecule has 2 aromatic rings. The lowest BCUT2D eigenvalue weighted by Crippen LogP contribution is -2.63. The number of carbonyl (C=O) groups is 2. The standard InChI is InChI=1S/C23H24N2O2/c26-20-16-24(15-17-9-3-1-4-10-17)22(27)21-23(13-7-2-8-14-23)18-11-5-6-12-19(18)25(20)21/h1,3-6,9-12,21H,2,7-8,13-16H2. The lowest BCUT2D eigenvalue weighted by molar-refractivity contribution is -0.144. The highest BCUT2D eigenvalue weighted by atomic mass is 16.2. The van der Waals surface area contributed by atoms with Gasteiger partial charge in [-0.05, 0) is 30.0 Å². The lowest BCUT2D eigenvalue weighted by Gasteiger charge is -2.45. The van der Waals surface area contributed by atoms with E-state index in [9.17, 15) is 9.59 Å². The molecule has 1 spiro atoms. The predicted molar refractivity (Wildman–Crippen MR) is 104 cm³/mol. The van der Waals surface area contributed by atoms with Gasteiger partial charge in [-0.15, -0.1) is 0 Å². The molecule has 27 heavy (non-hydrogen) atoms. The fourth-order valence-electron chi connectivity index (χ4n) is 5.42. The van der Waals surface area contributed by atoms with Crippen LogP contribution in [0, 0.1) is 0 Å². The number of para-hydroxylation sites is 1. The Balaban J connectivity index is 1.56. The first-order valence-corrected chi connectivity index (χ1v) is 9.95. The van der Waals surface area contributed by atoms with E-state index in [1.807, 2.05) is 53.4 Å². The largest absolute Gasteiger partial charge is 0.327 e. The number of anilines is 1. The van der Waals surface area contributed by atoms with Gasteiger partial charge in [0.05, 0.1) is 0 Å². The molecule has 1 atom stereocenters. The zero-order valence-corrected chi connectivity index (χ0v) is 15.4. The number of hydrogen-bond donors (Lipinski definition) is 0. The van der Waals surface area contributed by atoms with Gasteiger partial charge in [-0.3, -0.25) is 14.5 Å². The molecule has 1 saturated carbocycles. The van der Waals surface area contributed by atoms with Gasteiger partial charge in [0.25, 0.3) is 0 Å². The smallest absolute Gasteiger partial charge is 0.247 e. The first kappa shape index (κ1) is 16.5. The van der Waals surface area contributed by atoms with E-state index in [1.165, 1.54) is 12.0 Å². The summed E-state index contributed by atoms with van der Waals surface area (Å²) in [6.07, 6.45) is 5.44. The minimum atomic E-state index is -0.375. The van der Waals surface area contributed by atoms with E-state index in [2.05, 4.69) is 6.07 Å². The van der Waals surface area contributed by atoms with Gasteiger partial charge in [0.15, 0.2) is 0 Å². The van der Waals surface area contributed by atoms with Gasteiger partial charge in [-0.1, -0.05) is 67.8 Å². The topological polar surface area (TPSA) is 40.6 Å². The van der Waals surface area contributed by atoms with Crippen molar-refractivity contribution in [3.8, 4) is 0 Å². The second-order valence-electron chi connectivity index (χ2n) is 8.08. The maximum Gasteiger partial charge on any atom is 0.247 e. The van der Waals surface area contributed by atoms with Crippen molar-refractivity contribution in [1.29, 1.82) is 0 Å². The molecule has 2 aliphatic heterocycles. The van der Waals surface area contributed by atoms with Crippen LogP contribution in [-0.2, 0) is 21.5 Å². The Bertz CT molecular complexity index is 886. The van der Waals surface area contributed by atoms with Crippen LogP contribution in [0.4, 0.5) is 5.69 Å². The van der Waals surface area contributed by atoms with Crippen LogP contribution in [0.1, 0.15) is 43.2 Å². The molecule has 0 radical (unpaired) electrons. The fraction of sp³-hybridized carbons (Fsp3) is 0.391. The molecule has 2 aromatic carbocycles. The highest BCUT2D eigenvalue weighted by Gasteiger charge is 2.58. The van der Waals surface area contributed by atoms with Gasteiger partial charge >= 0.3 is 0 Å². The molecule has 1 unspecified atom stereocenters. The number of carbonyl (C=O) groups excluding carboxylic acids is 2. The third-order valence-electron chi connectivity index (χ3n) is 6.58. The SMILES string of the molecule is O=C1C2N(C(=O)CN1Cc1ccccc1)c1ccccc1C21CCCCC1. The zero-order valence-electron chi connectivity index (χ0n) is 15.4. The molecule has 138 valence electrons. The van der Waals surface area contributed by atoms with Crippen LogP contribution in [0.15, 0.2) is 54.6 Å². The van der Waals surface area contributed by atoms with E-state index >= 15 is 0 Å². The van der Waals surface area contributed by atoms with Crippen molar-refractivity contribution in [2.75, 3.05) is 11.4 Å². The Kier molecular flexibility index (Phi) is 3.81. The summed E-state index contributed by atoms with van der Waals surface area (Å²) >= 11 is 0. The molecule has 2 heterocycles. The number of benzene rings is 2. The van der Waals surface area contributed by atoms with Crippen LogP contribution >= 0.6 is 0 Å². The summed E-state index contributed by atoms with van der Waals surface area (Å²) in [7, 11) is 0. The molecular weight excluding hydrogens is 336 g/mol. The number of hydrogen-bond acceptors (Lipinski definition) is 2. The van der Waals surface area contributed by atoms with E-state index in [1.54, 1.807) is 4.90 Å². The van der Waals surface area contributed by atoms with Crippen LogP contribution in [0.2, 0.25) is 0 Å². The first-order chi connectivity index (χ1) is 13.2. The van der Waals surface area contributed by atoms with E-state index in [0.717, 1.165) is 36.9 Å².